The molecule has 0 atom stereocenters. The lowest BCUT2D eigenvalue weighted by Gasteiger charge is -2.23. The summed E-state index contributed by atoms with van der Waals surface area (Å²) in [5.41, 5.74) is 5.09. The average molecular weight is 336 g/mol. The number of halogens is 1. The van der Waals surface area contributed by atoms with Crippen LogP contribution in [0.2, 0.25) is 5.02 Å². The maximum Gasteiger partial charge on any atom is 0.0780 e. The summed E-state index contributed by atoms with van der Waals surface area (Å²) < 4.78 is 0. The molecule has 122 valence electrons. The number of nitrogens with zero attached hydrogens (tertiary/aromatic N) is 1. The van der Waals surface area contributed by atoms with Crippen LogP contribution >= 0.6 is 11.6 Å². The lowest BCUT2D eigenvalue weighted by Crippen LogP contribution is -2.05. The third kappa shape index (κ3) is 3.06. The molecular formula is C22H22ClN. The Morgan fingerprint density at radius 2 is 1.79 bits per heavy atom. The van der Waals surface area contributed by atoms with Crippen molar-refractivity contribution in [1.82, 2.24) is 4.98 Å². The fourth-order valence-electron chi connectivity index (χ4n) is 4.00. The fraction of sp³-hybridized carbons (Fsp3) is 0.318. The first kappa shape index (κ1) is 15.7. The zero-order valence-electron chi connectivity index (χ0n) is 14.1. The first-order valence-electron chi connectivity index (χ1n) is 8.87. The summed E-state index contributed by atoms with van der Waals surface area (Å²) in [5.74, 6) is 0.710. The van der Waals surface area contributed by atoms with E-state index in [4.69, 9.17) is 16.6 Å². The van der Waals surface area contributed by atoms with E-state index in [1.54, 1.807) is 0 Å². The predicted octanol–water partition coefficient (Wildman–Crippen LogP) is 6.91. The lowest BCUT2D eigenvalue weighted by atomic mass is 9.82. The molecule has 4 rings (SSSR count). The summed E-state index contributed by atoms with van der Waals surface area (Å²) in [6, 6.07) is 15.1. The Balaban J connectivity index is 1.83. The molecule has 1 aliphatic carbocycles. The summed E-state index contributed by atoms with van der Waals surface area (Å²) in [4.78, 5) is 4.69. The molecule has 0 bridgehead atoms. The van der Waals surface area contributed by atoms with Gasteiger partial charge in [-0.3, -0.25) is 4.98 Å². The predicted molar refractivity (Wildman–Crippen MR) is 103 cm³/mol. The Hall–Kier alpha value is -1.86. The van der Waals surface area contributed by atoms with Gasteiger partial charge in [0.2, 0.25) is 0 Å². The topological polar surface area (TPSA) is 12.9 Å². The standard InChI is InChI=1S/C22H22ClN/c1-15-11-18(16-5-3-2-4-6-16)13-19(12-15)22-21-8-7-20(23)14-17(21)9-10-24-22/h7-14,16H,2-6H2,1H3. The number of benzene rings is 2. The van der Waals surface area contributed by atoms with Crippen molar-refractivity contribution in [2.75, 3.05) is 0 Å². The summed E-state index contributed by atoms with van der Waals surface area (Å²) in [7, 11) is 0. The van der Waals surface area contributed by atoms with Gasteiger partial charge in [-0.05, 0) is 67.0 Å². The van der Waals surface area contributed by atoms with Crippen LogP contribution in [0.1, 0.15) is 49.1 Å². The minimum atomic E-state index is 0.710. The average Bonchev–Trinajstić information content (AvgIpc) is 2.61. The molecule has 0 N–H and O–H groups in total. The Kier molecular flexibility index (Phi) is 4.28. The zero-order chi connectivity index (χ0) is 16.5. The van der Waals surface area contributed by atoms with E-state index in [2.05, 4.69) is 31.2 Å². The third-order valence-corrected chi connectivity index (χ3v) is 5.41. The number of hydrogen-bond donors (Lipinski definition) is 0. The van der Waals surface area contributed by atoms with E-state index < -0.39 is 0 Å². The second-order valence-corrected chi connectivity index (χ2v) is 7.43. The van der Waals surface area contributed by atoms with Crippen molar-refractivity contribution in [3.05, 3.63) is 64.8 Å². The molecule has 0 aliphatic heterocycles. The SMILES string of the molecule is Cc1cc(-c2nccc3cc(Cl)ccc23)cc(C2CCCCC2)c1. The Labute approximate surface area is 148 Å². The molecule has 2 heteroatoms. The van der Waals surface area contributed by atoms with Crippen molar-refractivity contribution in [3.63, 3.8) is 0 Å². The van der Waals surface area contributed by atoms with Crippen LogP contribution in [-0.2, 0) is 0 Å². The highest BCUT2D eigenvalue weighted by Gasteiger charge is 2.17. The van der Waals surface area contributed by atoms with Crippen molar-refractivity contribution in [2.45, 2.75) is 44.9 Å². The maximum atomic E-state index is 6.15. The van der Waals surface area contributed by atoms with Crippen molar-refractivity contribution in [3.8, 4) is 11.3 Å². The summed E-state index contributed by atoms with van der Waals surface area (Å²) >= 11 is 6.15. The maximum absolute atomic E-state index is 6.15. The normalized spacial score (nSPS) is 15.8. The molecule has 0 amide bonds. The Morgan fingerprint density at radius 3 is 2.62 bits per heavy atom. The number of fused-ring (bicyclic) bond motifs is 1. The van der Waals surface area contributed by atoms with Crippen LogP contribution in [0, 0.1) is 6.92 Å². The van der Waals surface area contributed by atoms with Crippen LogP contribution in [0.25, 0.3) is 22.0 Å². The second-order valence-electron chi connectivity index (χ2n) is 6.99. The van der Waals surface area contributed by atoms with E-state index >= 15 is 0 Å². The van der Waals surface area contributed by atoms with Gasteiger partial charge in [-0.25, -0.2) is 0 Å². The molecule has 0 radical (unpaired) electrons. The third-order valence-electron chi connectivity index (χ3n) is 5.18. The monoisotopic (exact) mass is 335 g/mol. The molecule has 0 saturated heterocycles. The second kappa shape index (κ2) is 6.57. The smallest absolute Gasteiger partial charge is 0.0780 e. The molecule has 1 fully saturated rings. The van der Waals surface area contributed by atoms with Gasteiger partial charge in [0.05, 0.1) is 5.69 Å². The minimum Gasteiger partial charge on any atom is -0.256 e. The number of rotatable bonds is 2. The molecular weight excluding hydrogens is 314 g/mol. The van der Waals surface area contributed by atoms with Crippen molar-refractivity contribution in [2.24, 2.45) is 0 Å². The van der Waals surface area contributed by atoms with Crippen LogP contribution in [0.3, 0.4) is 0 Å². The van der Waals surface area contributed by atoms with Gasteiger partial charge in [0.1, 0.15) is 0 Å². The van der Waals surface area contributed by atoms with Gasteiger partial charge in [-0.1, -0.05) is 48.6 Å². The van der Waals surface area contributed by atoms with Gasteiger partial charge in [-0.15, -0.1) is 0 Å². The molecule has 1 aliphatic rings. The Morgan fingerprint density at radius 1 is 0.958 bits per heavy atom. The Bertz CT molecular complexity index is 878. The first-order chi connectivity index (χ1) is 11.7. The van der Waals surface area contributed by atoms with E-state index in [1.165, 1.54) is 54.2 Å². The van der Waals surface area contributed by atoms with Crippen LogP contribution in [0.15, 0.2) is 48.7 Å². The van der Waals surface area contributed by atoms with Gasteiger partial charge in [0.15, 0.2) is 0 Å². The van der Waals surface area contributed by atoms with Crippen molar-refractivity contribution < 1.29 is 0 Å². The summed E-state index contributed by atoms with van der Waals surface area (Å²) in [6.07, 6.45) is 8.64. The highest BCUT2D eigenvalue weighted by molar-refractivity contribution is 6.31. The molecule has 1 heterocycles. The van der Waals surface area contributed by atoms with Gasteiger partial charge < -0.3 is 0 Å². The fourth-order valence-corrected chi connectivity index (χ4v) is 4.18. The number of hydrogen-bond acceptors (Lipinski definition) is 1. The van der Waals surface area contributed by atoms with E-state index in [1.807, 2.05) is 24.4 Å². The highest BCUT2D eigenvalue weighted by atomic mass is 35.5. The van der Waals surface area contributed by atoms with Crippen LogP contribution in [0.5, 0.6) is 0 Å². The summed E-state index contributed by atoms with van der Waals surface area (Å²) in [5, 5.41) is 3.09. The highest BCUT2D eigenvalue weighted by Crippen LogP contribution is 2.36. The lowest BCUT2D eigenvalue weighted by molar-refractivity contribution is 0.443. The van der Waals surface area contributed by atoms with Gasteiger partial charge in [0, 0.05) is 22.2 Å². The number of pyridine rings is 1. The van der Waals surface area contributed by atoms with Crippen LogP contribution < -0.4 is 0 Å². The van der Waals surface area contributed by atoms with Crippen LogP contribution in [-0.4, -0.2) is 4.98 Å². The summed E-state index contributed by atoms with van der Waals surface area (Å²) in [6.45, 7) is 2.19. The van der Waals surface area contributed by atoms with Gasteiger partial charge >= 0.3 is 0 Å². The first-order valence-corrected chi connectivity index (χ1v) is 9.25. The van der Waals surface area contributed by atoms with Crippen LogP contribution in [0.4, 0.5) is 0 Å². The van der Waals surface area contributed by atoms with Gasteiger partial charge in [-0.2, -0.15) is 0 Å². The van der Waals surface area contributed by atoms with Crippen molar-refractivity contribution in [1.29, 1.82) is 0 Å². The zero-order valence-corrected chi connectivity index (χ0v) is 14.8. The molecule has 1 nitrogen and oxygen atoms in total. The molecule has 0 unspecified atom stereocenters. The number of aromatic nitrogens is 1. The molecule has 2 aromatic carbocycles. The van der Waals surface area contributed by atoms with E-state index in [0.717, 1.165) is 16.1 Å². The quantitative estimate of drug-likeness (QED) is 0.495. The largest absolute Gasteiger partial charge is 0.256 e. The molecule has 1 aromatic heterocycles. The van der Waals surface area contributed by atoms with E-state index in [9.17, 15) is 0 Å². The molecule has 3 aromatic rings. The molecule has 0 spiro atoms. The molecule has 24 heavy (non-hydrogen) atoms. The minimum absolute atomic E-state index is 0.710. The van der Waals surface area contributed by atoms with Gasteiger partial charge in [0.25, 0.3) is 0 Å². The number of aryl methyl sites for hydroxylation is 1. The molecule has 1 saturated carbocycles. The van der Waals surface area contributed by atoms with E-state index in [0.29, 0.717) is 5.92 Å². The van der Waals surface area contributed by atoms with Crippen molar-refractivity contribution >= 4 is 22.4 Å². The van der Waals surface area contributed by atoms with E-state index in [-0.39, 0.29) is 0 Å².